The Morgan fingerprint density at radius 1 is 1.35 bits per heavy atom. The lowest BCUT2D eigenvalue weighted by atomic mass is 10.1. The van der Waals surface area contributed by atoms with Crippen LogP contribution in [0.4, 0.5) is 10.8 Å². The van der Waals surface area contributed by atoms with Crippen molar-refractivity contribution >= 4 is 45.6 Å². The monoisotopic (exact) mass is 348 g/mol. The second kappa shape index (κ2) is 7.10. The van der Waals surface area contributed by atoms with Gasteiger partial charge in [-0.15, -0.1) is 10.2 Å². The van der Waals surface area contributed by atoms with Gasteiger partial charge in [-0.05, 0) is 30.7 Å². The second-order valence-corrected chi connectivity index (χ2v) is 7.23. The molecule has 0 unspecified atom stereocenters. The summed E-state index contributed by atoms with van der Waals surface area (Å²) in [4.78, 5) is 25.7. The highest BCUT2D eigenvalue weighted by Gasteiger charge is 2.21. The van der Waals surface area contributed by atoms with E-state index in [0.29, 0.717) is 17.7 Å². The van der Waals surface area contributed by atoms with Gasteiger partial charge in [0.1, 0.15) is 0 Å². The van der Waals surface area contributed by atoms with E-state index in [1.165, 1.54) is 23.1 Å². The Morgan fingerprint density at radius 2 is 2.13 bits per heavy atom. The molecular formula is C15H16N4O2S2. The lowest BCUT2D eigenvalue weighted by Gasteiger charge is -2.15. The maximum absolute atomic E-state index is 12.2. The summed E-state index contributed by atoms with van der Waals surface area (Å²) < 4.78 is 0.766. The van der Waals surface area contributed by atoms with Crippen LogP contribution in [0.3, 0.4) is 0 Å². The number of thioether (sulfide) groups is 1. The van der Waals surface area contributed by atoms with E-state index in [1.807, 2.05) is 12.1 Å². The zero-order valence-electron chi connectivity index (χ0n) is 12.6. The average molecular weight is 348 g/mol. The molecular weight excluding hydrogens is 332 g/mol. The third-order valence-corrected chi connectivity index (χ3v) is 5.60. The lowest BCUT2D eigenvalue weighted by molar-refractivity contribution is -0.117. The molecule has 0 atom stereocenters. The first-order valence-electron chi connectivity index (χ1n) is 7.25. The van der Waals surface area contributed by atoms with E-state index >= 15 is 0 Å². The fourth-order valence-electron chi connectivity index (χ4n) is 2.33. The Bertz CT molecular complexity index is 715. The molecule has 1 N–H and O–H groups in total. The molecule has 1 aromatic heterocycles. The van der Waals surface area contributed by atoms with Gasteiger partial charge in [-0.3, -0.25) is 9.59 Å². The maximum atomic E-state index is 12.2. The molecule has 1 saturated heterocycles. The normalized spacial score (nSPS) is 14.3. The number of hydrogen-bond donors (Lipinski definition) is 1. The van der Waals surface area contributed by atoms with Gasteiger partial charge in [-0.2, -0.15) is 0 Å². The summed E-state index contributed by atoms with van der Waals surface area (Å²) in [7, 11) is 1.78. The minimum absolute atomic E-state index is 0.0375. The SMILES string of the molecule is CNc1nnc(SCC(=O)c2ccc(N3CCCC3=O)cc2)s1. The van der Waals surface area contributed by atoms with Gasteiger partial charge < -0.3 is 10.2 Å². The number of rotatable bonds is 6. The summed E-state index contributed by atoms with van der Waals surface area (Å²) in [5, 5.41) is 11.6. The third-order valence-electron chi connectivity index (χ3n) is 3.52. The smallest absolute Gasteiger partial charge is 0.227 e. The fourth-order valence-corrected chi connectivity index (χ4v) is 3.93. The summed E-state index contributed by atoms with van der Waals surface area (Å²) in [5.41, 5.74) is 1.51. The molecule has 1 aliphatic rings. The van der Waals surface area contributed by atoms with Crippen molar-refractivity contribution in [3.8, 4) is 0 Å². The summed E-state index contributed by atoms with van der Waals surface area (Å²) in [6.07, 6.45) is 1.50. The largest absolute Gasteiger partial charge is 0.363 e. The van der Waals surface area contributed by atoms with Crippen LogP contribution in [0, 0.1) is 0 Å². The van der Waals surface area contributed by atoms with Crippen molar-refractivity contribution in [1.82, 2.24) is 10.2 Å². The van der Waals surface area contributed by atoms with Crippen molar-refractivity contribution in [3.63, 3.8) is 0 Å². The number of carbonyl (C=O) groups excluding carboxylic acids is 2. The van der Waals surface area contributed by atoms with Crippen molar-refractivity contribution in [2.24, 2.45) is 0 Å². The minimum atomic E-state index is 0.0375. The van der Waals surface area contributed by atoms with Gasteiger partial charge in [0.05, 0.1) is 5.75 Å². The molecule has 3 rings (SSSR count). The van der Waals surface area contributed by atoms with Gasteiger partial charge in [0.15, 0.2) is 10.1 Å². The summed E-state index contributed by atoms with van der Waals surface area (Å²) in [5.74, 6) is 0.507. The Morgan fingerprint density at radius 3 is 2.74 bits per heavy atom. The molecule has 0 spiro atoms. The van der Waals surface area contributed by atoms with E-state index in [0.717, 1.165) is 28.1 Å². The van der Waals surface area contributed by atoms with Crippen LogP contribution in [0.5, 0.6) is 0 Å². The molecule has 1 amide bonds. The number of aromatic nitrogens is 2. The number of benzene rings is 1. The van der Waals surface area contributed by atoms with E-state index in [9.17, 15) is 9.59 Å². The molecule has 0 radical (unpaired) electrons. The van der Waals surface area contributed by atoms with Gasteiger partial charge in [0.2, 0.25) is 11.0 Å². The lowest BCUT2D eigenvalue weighted by Crippen LogP contribution is -2.23. The second-order valence-electron chi connectivity index (χ2n) is 5.03. The van der Waals surface area contributed by atoms with Crippen molar-refractivity contribution in [1.29, 1.82) is 0 Å². The number of nitrogens with zero attached hydrogens (tertiary/aromatic N) is 3. The first-order chi connectivity index (χ1) is 11.2. The predicted molar refractivity (Wildman–Crippen MR) is 92.5 cm³/mol. The topological polar surface area (TPSA) is 75.2 Å². The van der Waals surface area contributed by atoms with Crippen molar-refractivity contribution < 1.29 is 9.59 Å². The van der Waals surface area contributed by atoms with Crippen LogP contribution in [0.25, 0.3) is 0 Å². The Kier molecular flexibility index (Phi) is 4.92. The van der Waals surface area contributed by atoms with E-state index in [2.05, 4.69) is 15.5 Å². The van der Waals surface area contributed by atoms with E-state index in [1.54, 1.807) is 24.1 Å². The summed E-state index contributed by atoms with van der Waals surface area (Å²) >= 11 is 2.80. The number of ketones is 1. The van der Waals surface area contributed by atoms with Crippen molar-refractivity contribution in [3.05, 3.63) is 29.8 Å². The van der Waals surface area contributed by atoms with Crippen LogP contribution >= 0.6 is 23.1 Å². The van der Waals surface area contributed by atoms with Crippen LogP contribution in [0.1, 0.15) is 23.2 Å². The van der Waals surface area contributed by atoms with Crippen LogP contribution in [0.2, 0.25) is 0 Å². The molecule has 0 saturated carbocycles. The van der Waals surface area contributed by atoms with E-state index < -0.39 is 0 Å². The molecule has 1 aromatic carbocycles. The standard InChI is InChI=1S/C15H16N4O2S2/c1-16-14-17-18-15(23-14)22-9-12(20)10-4-6-11(7-5-10)19-8-2-3-13(19)21/h4-7H,2-3,8-9H2,1H3,(H,16,17). The highest BCUT2D eigenvalue weighted by Crippen LogP contribution is 2.26. The number of anilines is 2. The summed E-state index contributed by atoms with van der Waals surface area (Å²) in [6.45, 7) is 0.757. The molecule has 2 heterocycles. The fraction of sp³-hybridized carbons (Fsp3) is 0.333. The first-order valence-corrected chi connectivity index (χ1v) is 9.05. The highest BCUT2D eigenvalue weighted by molar-refractivity contribution is 8.01. The van der Waals surface area contributed by atoms with Gasteiger partial charge >= 0.3 is 0 Å². The number of amides is 1. The van der Waals surface area contributed by atoms with Crippen LogP contribution in [0.15, 0.2) is 28.6 Å². The number of hydrogen-bond acceptors (Lipinski definition) is 7. The highest BCUT2D eigenvalue weighted by atomic mass is 32.2. The molecule has 120 valence electrons. The van der Waals surface area contributed by atoms with Crippen molar-refractivity contribution in [2.75, 3.05) is 29.6 Å². The van der Waals surface area contributed by atoms with E-state index in [4.69, 9.17) is 0 Å². The predicted octanol–water partition coefficient (Wildman–Crippen LogP) is 2.68. The van der Waals surface area contributed by atoms with Crippen LogP contribution in [-0.4, -0.2) is 41.2 Å². The third kappa shape index (κ3) is 3.70. The average Bonchev–Trinajstić information content (AvgIpc) is 3.21. The van der Waals surface area contributed by atoms with Gasteiger partial charge in [0, 0.05) is 31.3 Å². The minimum Gasteiger partial charge on any atom is -0.363 e. The molecule has 0 aliphatic carbocycles. The molecule has 0 bridgehead atoms. The van der Waals surface area contributed by atoms with Crippen LogP contribution in [-0.2, 0) is 4.79 Å². The Labute approximate surface area is 142 Å². The zero-order valence-corrected chi connectivity index (χ0v) is 14.2. The molecule has 1 aliphatic heterocycles. The number of Topliss-reactive ketones (excluding diaryl/α,β-unsaturated/α-hetero) is 1. The molecule has 1 fully saturated rings. The van der Waals surface area contributed by atoms with Gasteiger partial charge in [0.25, 0.3) is 0 Å². The van der Waals surface area contributed by atoms with Gasteiger partial charge in [-0.25, -0.2) is 0 Å². The first kappa shape index (κ1) is 15.9. The molecule has 8 heteroatoms. The van der Waals surface area contributed by atoms with Crippen molar-refractivity contribution in [2.45, 2.75) is 17.2 Å². The molecule has 23 heavy (non-hydrogen) atoms. The van der Waals surface area contributed by atoms with Crippen LogP contribution < -0.4 is 10.2 Å². The number of carbonyl (C=O) groups is 2. The van der Waals surface area contributed by atoms with Gasteiger partial charge in [-0.1, -0.05) is 23.1 Å². The van der Waals surface area contributed by atoms with E-state index in [-0.39, 0.29) is 11.7 Å². The zero-order chi connectivity index (χ0) is 16.2. The Hall–Kier alpha value is -1.93. The number of nitrogens with one attached hydrogen (secondary N) is 1. The quantitative estimate of drug-likeness (QED) is 0.639. The Balaban J connectivity index is 1.60. The molecule has 2 aromatic rings. The maximum Gasteiger partial charge on any atom is 0.227 e. The molecule has 6 nitrogen and oxygen atoms in total. The summed E-state index contributed by atoms with van der Waals surface area (Å²) in [6, 6.07) is 7.24.